The van der Waals surface area contributed by atoms with Crippen LogP contribution in [0.25, 0.3) is 0 Å². The summed E-state index contributed by atoms with van der Waals surface area (Å²) in [4.78, 5) is 26.9. The van der Waals surface area contributed by atoms with E-state index in [0.717, 1.165) is 25.1 Å². The highest BCUT2D eigenvalue weighted by molar-refractivity contribution is 5.85. The molecule has 2 aliphatic heterocycles. The molecule has 24 heavy (non-hydrogen) atoms. The van der Waals surface area contributed by atoms with Crippen LogP contribution in [-0.4, -0.2) is 42.9 Å². The minimum Gasteiger partial charge on any atom is -0.352 e. The molecule has 2 saturated heterocycles. The van der Waals surface area contributed by atoms with Gasteiger partial charge in [0.05, 0.1) is 12.0 Å². The average Bonchev–Trinajstić information content (AvgIpc) is 2.60. The molecule has 1 aromatic rings. The monoisotopic (exact) mass is 329 g/mol. The summed E-state index contributed by atoms with van der Waals surface area (Å²) in [6.07, 6.45) is 2.13. The van der Waals surface area contributed by atoms with Crippen molar-refractivity contribution in [1.29, 1.82) is 0 Å². The summed E-state index contributed by atoms with van der Waals surface area (Å²) in [5, 5.41) is 6.59. The van der Waals surface area contributed by atoms with Crippen molar-refractivity contribution in [3.05, 3.63) is 35.9 Å². The zero-order valence-electron chi connectivity index (χ0n) is 14.5. The van der Waals surface area contributed by atoms with Crippen LogP contribution in [0.4, 0.5) is 0 Å². The second-order valence-corrected chi connectivity index (χ2v) is 7.09. The van der Waals surface area contributed by atoms with Crippen LogP contribution < -0.4 is 10.6 Å². The quantitative estimate of drug-likeness (QED) is 0.887. The first-order valence-corrected chi connectivity index (χ1v) is 8.89. The fraction of sp³-hybridized carbons (Fsp3) is 0.579. The molecule has 5 heteroatoms. The first-order valence-electron chi connectivity index (χ1n) is 8.89. The van der Waals surface area contributed by atoms with Gasteiger partial charge in [0.1, 0.15) is 0 Å². The zero-order valence-corrected chi connectivity index (χ0v) is 14.5. The number of nitrogens with zero attached hydrogens (tertiary/aromatic N) is 1. The van der Waals surface area contributed by atoms with Crippen LogP contribution in [0.1, 0.15) is 37.8 Å². The Labute approximate surface area is 143 Å². The predicted molar refractivity (Wildman–Crippen MR) is 93.3 cm³/mol. The molecule has 0 bridgehead atoms. The van der Waals surface area contributed by atoms with Crippen molar-refractivity contribution >= 4 is 11.8 Å². The maximum Gasteiger partial charge on any atom is 0.225 e. The molecule has 4 unspecified atom stereocenters. The summed E-state index contributed by atoms with van der Waals surface area (Å²) in [5.41, 5.74) is 1.03. The number of piperidine rings is 2. The summed E-state index contributed by atoms with van der Waals surface area (Å²) in [6, 6.07) is 9.88. The average molecular weight is 329 g/mol. The van der Waals surface area contributed by atoms with Crippen LogP contribution in [0.3, 0.4) is 0 Å². The van der Waals surface area contributed by atoms with Gasteiger partial charge in [0.2, 0.25) is 11.8 Å². The highest BCUT2D eigenvalue weighted by Gasteiger charge is 2.39. The van der Waals surface area contributed by atoms with Crippen LogP contribution >= 0.6 is 0 Å². The van der Waals surface area contributed by atoms with E-state index in [0.29, 0.717) is 18.8 Å². The first kappa shape index (κ1) is 17.0. The molecule has 2 heterocycles. The van der Waals surface area contributed by atoms with Gasteiger partial charge in [0.25, 0.3) is 0 Å². The molecule has 4 atom stereocenters. The molecule has 2 amide bonds. The molecular weight excluding hydrogens is 302 g/mol. The molecule has 2 N–H and O–H groups in total. The molecule has 0 aliphatic carbocycles. The number of amides is 2. The largest absolute Gasteiger partial charge is 0.352 e. The van der Waals surface area contributed by atoms with Gasteiger partial charge in [-0.2, -0.15) is 0 Å². The van der Waals surface area contributed by atoms with Crippen molar-refractivity contribution in [2.45, 2.75) is 38.3 Å². The Morgan fingerprint density at radius 1 is 1.25 bits per heavy atom. The minimum atomic E-state index is -0.191. The minimum absolute atomic E-state index is 0.0729. The lowest BCUT2D eigenvalue weighted by molar-refractivity contribution is -0.142. The molecule has 0 saturated carbocycles. The first-order chi connectivity index (χ1) is 11.6. The molecule has 0 aromatic heterocycles. The topological polar surface area (TPSA) is 61.4 Å². The lowest BCUT2D eigenvalue weighted by Crippen LogP contribution is -2.54. The summed E-state index contributed by atoms with van der Waals surface area (Å²) >= 11 is 0. The van der Waals surface area contributed by atoms with Gasteiger partial charge in [-0.05, 0) is 30.9 Å². The second-order valence-electron chi connectivity index (χ2n) is 7.09. The number of rotatable bonds is 3. The number of likely N-dealkylation sites (tertiary alicyclic amines) is 1. The molecule has 5 nitrogen and oxygen atoms in total. The number of carbonyl (C=O) groups excluding carboxylic acids is 2. The van der Waals surface area contributed by atoms with Gasteiger partial charge >= 0.3 is 0 Å². The molecule has 1 aromatic carbocycles. The van der Waals surface area contributed by atoms with E-state index in [1.54, 1.807) is 4.90 Å². The Morgan fingerprint density at radius 3 is 2.71 bits per heavy atom. The lowest BCUT2D eigenvalue weighted by atomic mass is 9.83. The highest BCUT2D eigenvalue weighted by atomic mass is 16.2. The molecule has 3 rings (SSSR count). The molecule has 2 fully saturated rings. The predicted octanol–water partition coefficient (Wildman–Crippen LogP) is 1.71. The van der Waals surface area contributed by atoms with Crippen LogP contribution in [0.15, 0.2) is 30.3 Å². The van der Waals surface area contributed by atoms with Gasteiger partial charge in [0, 0.05) is 26.1 Å². The van der Waals surface area contributed by atoms with Crippen LogP contribution in [0.2, 0.25) is 0 Å². The summed E-state index contributed by atoms with van der Waals surface area (Å²) in [5.74, 6) is 0.474. The van der Waals surface area contributed by atoms with Crippen molar-refractivity contribution < 1.29 is 9.59 Å². The lowest BCUT2D eigenvalue weighted by Gasteiger charge is -2.40. The van der Waals surface area contributed by atoms with Gasteiger partial charge in [-0.25, -0.2) is 0 Å². The van der Waals surface area contributed by atoms with Crippen molar-refractivity contribution in [3.8, 4) is 0 Å². The van der Waals surface area contributed by atoms with E-state index in [9.17, 15) is 9.59 Å². The van der Waals surface area contributed by atoms with Crippen molar-refractivity contribution in [3.63, 3.8) is 0 Å². The molecule has 0 radical (unpaired) electrons. The van der Waals surface area contributed by atoms with Crippen LogP contribution in [0, 0.1) is 11.8 Å². The fourth-order valence-corrected chi connectivity index (χ4v) is 3.89. The van der Waals surface area contributed by atoms with Gasteiger partial charge in [-0.1, -0.05) is 37.3 Å². The Kier molecular flexibility index (Phi) is 5.19. The Hall–Kier alpha value is -1.88. The Bertz CT molecular complexity index is 590. The van der Waals surface area contributed by atoms with Crippen molar-refractivity contribution in [1.82, 2.24) is 15.5 Å². The number of nitrogens with one attached hydrogen (secondary N) is 2. The van der Waals surface area contributed by atoms with Gasteiger partial charge < -0.3 is 15.5 Å². The third kappa shape index (κ3) is 3.46. The third-order valence-electron chi connectivity index (χ3n) is 5.49. The normalized spacial score (nSPS) is 30.9. The number of carbonyl (C=O) groups is 2. The maximum absolute atomic E-state index is 13.0. The van der Waals surface area contributed by atoms with Crippen molar-refractivity contribution in [2.24, 2.45) is 11.8 Å². The van der Waals surface area contributed by atoms with E-state index in [2.05, 4.69) is 17.6 Å². The number of benzene rings is 1. The van der Waals surface area contributed by atoms with Gasteiger partial charge in [-0.3, -0.25) is 9.59 Å². The van der Waals surface area contributed by atoms with E-state index < -0.39 is 0 Å². The maximum atomic E-state index is 13.0. The van der Waals surface area contributed by atoms with Crippen molar-refractivity contribution in [2.75, 3.05) is 20.1 Å². The summed E-state index contributed by atoms with van der Waals surface area (Å²) in [7, 11) is 1.81. The smallest absolute Gasteiger partial charge is 0.225 e. The fourth-order valence-electron chi connectivity index (χ4n) is 3.89. The standard InChI is InChI=1S/C19H27N3O2/c1-13-10-11-20-12-16(13)21-19(24)15-8-9-17(23)22(2)18(15)14-6-4-3-5-7-14/h3-7,13,15-16,18,20H,8-12H2,1-2H3,(H,21,24). The van der Waals surface area contributed by atoms with E-state index in [4.69, 9.17) is 0 Å². The van der Waals surface area contributed by atoms with Gasteiger partial charge in [0.15, 0.2) is 0 Å². The third-order valence-corrected chi connectivity index (χ3v) is 5.49. The Morgan fingerprint density at radius 2 is 2.00 bits per heavy atom. The summed E-state index contributed by atoms with van der Waals surface area (Å²) < 4.78 is 0. The number of hydrogen-bond acceptors (Lipinski definition) is 3. The Balaban J connectivity index is 1.78. The molecule has 2 aliphatic rings. The highest BCUT2D eigenvalue weighted by Crippen LogP contribution is 2.36. The SMILES string of the molecule is CC1CCNCC1NC(=O)C1CCC(=O)N(C)C1c1ccccc1. The van der Waals surface area contributed by atoms with E-state index >= 15 is 0 Å². The second kappa shape index (κ2) is 7.34. The zero-order chi connectivity index (χ0) is 17.1. The molecule has 0 spiro atoms. The van der Waals surface area contributed by atoms with E-state index in [-0.39, 0.29) is 29.8 Å². The van der Waals surface area contributed by atoms with Crippen LogP contribution in [0.5, 0.6) is 0 Å². The van der Waals surface area contributed by atoms with E-state index in [1.807, 2.05) is 37.4 Å². The summed E-state index contributed by atoms with van der Waals surface area (Å²) in [6.45, 7) is 4.03. The van der Waals surface area contributed by atoms with Gasteiger partial charge in [-0.15, -0.1) is 0 Å². The van der Waals surface area contributed by atoms with Crippen LogP contribution in [-0.2, 0) is 9.59 Å². The molecule has 130 valence electrons. The molecular formula is C19H27N3O2. The van der Waals surface area contributed by atoms with E-state index in [1.165, 1.54) is 0 Å². The number of hydrogen-bond donors (Lipinski definition) is 2.